The first-order valence-corrected chi connectivity index (χ1v) is 10.6. The van der Waals surface area contributed by atoms with Crippen molar-refractivity contribution in [3.63, 3.8) is 0 Å². The summed E-state index contributed by atoms with van der Waals surface area (Å²) >= 11 is 6.29. The maximum absolute atomic E-state index is 12.9. The molecular formula is C26H25ClN4O. The molecule has 0 spiro atoms. The van der Waals surface area contributed by atoms with Crippen LogP contribution in [0.1, 0.15) is 33.6 Å². The van der Waals surface area contributed by atoms with Gasteiger partial charge < -0.3 is 4.90 Å². The van der Waals surface area contributed by atoms with E-state index in [1.807, 2.05) is 61.0 Å². The highest BCUT2D eigenvalue weighted by Gasteiger charge is 2.13. The number of carbonyl (C=O) groups excluding carboxylic acids is 1. The molecule has 1 amide bonds. The van der Waals surface area contributed by atoms with Gasteiger partial charge in [0.15, 0.2) is 0 Å². The third-order valence-corrected chi connectivity index (χ3v) is 5.59. The van der Waals surface area contributed by atoms with Crippen LogP contribution in [0.15, 0.2) is 67.3 Å². The molecule has 1 aromatic heterocycles. The molecule has 1 heterocycles. The molecule has 0 aliphatic heterocycles. The summed E-state index contributed by atoms with van der Waals surface area (Å²) in [4.78, 5) is 14.6. The number of carbonyl (C=O) groups is 1. The molecule has 0 saturated heterocycles. The highest BCUT2D eigenvalue weighted by atomic mass is 35.5. The third-order valence-electron chi connectivity index (χ3n) is 5.23. The number of nitriles is 1. The minimum Gasteiger partial charge on any atom is -0.331 e. The minimum absolute atomic E-state index is 0.119. The van der Waals surface area contributed by atoms with Crippen molar-refractivity contribution < 1.29 is 4.79 Å². The maximum Gasteiger partial charge on any atom is 0.247 e. The molecule has 0 aliphatic rings. The second-order valence-corrected chi connectivity index (χ2v) is 7.89. The van der Waals surface area contributed by atoms with Gasteiger partial charge in [-0.05, 0) is 49.2 Å². The van der Waals surface area contributed by atoms with E-state index in [0.29, 0.717) is 30.2 Å². The Labute approximate surface area is 193 Å². The standard InChI is InChI=1S/C26H25ClN4O/c1-4-15-30(17-22-11-9-21(16-28)10-12-22)26(32)14-13-24-19(2)29-31(20(24)3)18-23-7-5-6-8-25(23)27/h4-14H,1,15,17-18H2,2-3H3/b14-13+. The van der Waals surface area contributed by atoms with Crippen molar-refractivity contribution in [3.8, 4) is 6.07 Å². The lowest BCUT2D eigenvalue weighted by Crippen LogP contribution is -2.29. The summed E-state index contributed by atoms with van der Waals surface area (Å²) in [5.41, 5.74) is 5.27. The Morgan fingerprint density at radius 1 is 1.22 bits per heavy atom. The molecule has 0 unspecified atom stereocenters. The zero-order chi connectivity index (χ0) is 23.1. The Balaban J connectivity index is 1.76. The van der Waals surface area contributed by atoms with Gasteiger partial charge in [0.25, 0.3) is 0 Å². The van der Waals surface area contributed by atoms with Crippen LogP contribution < -0.4 is 0 Å². The van der Waals surface area contributed by atoms with Gasteiger partial charge in [-0.25, -0.2) is 0 Å². The molecule has 3 aromatic rings. The molecule has 0 N–H and O–H groups in total. The van der Waals surface area contributed by atoms with Crippen molar-refractivity contribution in [2.45, 2.75) is 26.9 Å². The van der Waals surface area contributed by atoms with Crippen molar-refractivity contribution in [2.75, 3.05) is 6.54 Å². The Bertz CT molecular complexity index is 1190. The average Bonchev–Trinajstić information content (AvgIpc) is 3.06. The van der Waals surface area contributed by atoms with E-state index >= 15 is 0 Å². The van der Waals surface area contributed by atoms with E-state index in [-0.39, 0.29) is 5.91 Å². The molecule has 3 rings (SSSR count). The summed E-state index contributed by atoms with van der Waals surface area (Å²) in [6.45, 7) is 9.10. The molecule has 0 saturated carbocycles. The first-order valence-electron chi connectivity index (χ1n) is 10.3. The average molecular weight is 445 g/mol. The molecule has 0 fully saturated rings. The van der Waals surface area contributed by atoms with E-state index < -0.39 is 0 Å². The molecular weight excluding hydrogens is 420 g/mol. The summed E-state index contributed by atoms with van der Waals surface area (Å²) in [6.07, 6.45) is 5.09. The van der Waals surface area contributed by atoms with Gasteiger partial charge >= 0.3 is 0 Å². The van der Waals surface area contributed by atoms with Crippen LogP contribution in [0.4, 0.5) is 0 Å². The van der Waals surface area contributed by atoms with Crippen molar-refractivity contribution in [2.24, 2.45) is 0 Å². The lowest BCUT2D eigenvalue weighted by Gasteiger charge is -2.19. The Morgan fingerprint density at radius 3 is 2.59 bits per heavy atom. The molecule has 2 aromatic carbocycles. The van der Waals surface area contributed by atoms with Crippen LogP contribution in [0.3, 0.4) is 0 Å². The Kier molecular flexibility index (Phi) is 7.64. The fourth-order valence-electron chi connectivity index (χ4n) is 3.45. The summed E-state index contributed by atoms with van der Waals surface area (Å²) in [7, 11) is 0. The fraction of sp³-hybridized carbons (Fsp3) is 0.192. The van der Waals surface area contributed by atoms with Crippen LogP contribution in [0.25, 0.3) is 6.08 Å². The summed E-state index contributed by atoms with van der Waals surface area (Å²) in [6, 6.07) is 17.0. The molecule has 6 heteroatoms. The van der Waals surface area contributed by atoms with Crippen LogP contribution in [0.2, 0.25) is 5.02 Å². The second kappa shape index (κ2) is 10.6. The lowest BCUT2D eigenvalue weighted by atomic mass is 10.1. The highest BCUT2D eigenvalue weighted by Crippen LogP contribution is 2.20. The van der Waals surface area contributed by atoms with Gasteiger partial charge in [0, 0.05) is 35.4 Å². The lowest BCUT2D eigenvalue weighted by molar-refractivity contribution is -0.126. The largest absolute Gasteiger partial charge is 0.331 e. The number of amides is 1. The van der Waals surface area contributed by atoms with Gasteiger partial charge in [-0.3, -0.25) is 9.48 Å². The number of halogens is 1. The number of hydrogen-bond acceptors (Lipinski definition) is 3. The molecule has 32 heavy (non-hydrogen) atoms. The van der Waals surface area contributed by atoms with Gasteiger partial charge in [-0.1, -0.05) is 48.0 Å². The third kappa shape index (κ3) is 5.54. The zero-order valence-corrected chi connectivity index (χ0v) is 19.0. The van der Waals surface area contributed by atoms with Crippen LogP contribution in [-0.2, 0) is 17.9 Å². The molecule has 5 nitrogen and oxygen atoms in total. The van der Waals surface area contributed by atoms with E-state index in [1.165, 1.54) is 0 Å². The molecule has 0 aliphatic carbocycles. The first kappa shape index (κ1) is 23.1. The predicted octanol–water partition coefficient (Wildman–Crippen LogP) is 5.30. The summed E-state index contributed by atoms with van der Waals surface area (Å²) in [5.74, 6) is -0.119. The summed E-state index contributed by atoms with van der Waals surface area (Å²) < 4.78 is 1.90. The molecule has 162 valence electrons. The normalized spacial score (nSPS) is 10.8. The number of rotatable bonds is 8. The second-order valence-electron chi connectivity index (χ2n) is 7.48. The van der Waals surface area contributed by atoms with Crippen LogP contribution >= 0.6 is 11.6 Å². The minimum atomic E-state index is -0.119. The summed E-state index contributed by atoms with van der Waals surface area (Å²) in [5, 5.41) is 14.3. The van der Waals surface area contributed by atoms with Crippen molar-refractivity contribution in [1.82, 2.24) is 14.7 Å². The SMILES string of the molecule is C=CCN(Cc1ccc(C#N)cc1)C(=O)/C=C/c1c(C)nn(Cc2ccccc2Cl)c1C. The van der Waals surface area contributed by atoms with E-state index in [1.54, 1.807) is 29.2 Å². The predicted molar refractivity (Wildman–Crippen MR) is 128 cm³/mol. The van der Waals surface area contributed by atoms with Gasteiger partial charge in [0.2, 0.25) is 5.91 Å². The molecule has 0 bridgehead atoms. The number of benzene rings is 2. The van der Waals surface area contributed by atoms with Crippen LogP contribution in [0.5, 0.6) is 0 Å². The monoisotopic (exact) mass is 444 g/mol. The highest BCUT2D eigenvalue weighted by molar-refractivity contribution is 6.31. The van der Waals surface area contributed by atoms with Crippen molar-refractivity contribution in [3.05, 3.63) is 106 Å². The zero-order valence-electron chi connectivity index (χ0n) is 18.3. The van der Waals surface area contributed by atoms with Gasteiger partial charge in [0.05, 0.1) is 23.9 Å². The van der Waals surface area contributed by atoms with Crippen LogP contribution in [0, 0.1) is 25.2 Å². The van der Waals surface area contributed by atoms with E-state index in [4.69, 9.17) is 16.9 Å². The van der Waals surface area contributed by atoms with Crippen molar-refractivity contribution >= 4 is 23.6 Å². The Morgan fingerprint density at radius 2 is 1.94 bits per heavy atom. The molecule has 0 atom stereocenters. The fourth-order valence-corrected chi connectivity index (χ4v) is 3.64. The first-order chi connectivity index (χ1) is 15.4. The van der Waals surface area contributed by atoms with E-state index in [0.717, 1.165) is 28.1 Å². The smallest absolute Gasteiger partial charge is 0.247 e. The van der Waals surface area contributed by atoms with Gasteiger partial charge in [-0.2, -0.15) is 10.4 Å². The van der Waals surface area contributed by atoms with Gasteiger partial charge in [0.1, 0.15) is 0 Å². The van der Waals surface area contributed by atoms with E-state index in [2.05, 4.69) is 17.7 Å². The van der Waals surface area contributed by atoms with Crippen LogP contribution in [-0.4, -0.2) is 27.1 Å². The van der Waals surface area contributed by atoms with Gasteiger partial charge in [-0.15, -0.1) is 6.58 Å². The number of nitrogens with zero attached hydrogens (tertiary/aromatic N) is 4. The quantitative estimate of drug-likeness (QED) is 0.349. The number of aryl methyl sites for hydroxylation is 1. The number of aromatic nitrogens is 2. The van der Waals surface area contributed by atoms with Crippen molar-refractivity contribution in [1.29, 1.82) is 5.26 Å². The maximum atomic E-state index is 12.9. The number of hydrogen-bond donors (Lipinski definition) is 0. The topological polar surface area (TPSA) is 61.9 Å². The van der Waals surface area contributed by atoms with E-state index in [9.17, 15) is 4.79 Å². The molecule has 0 radical (unpaired) electrons. The Hall–Kier alpha value is -3.62.